The highest BCUT2D eigenvalue weighted by atomic mass is 16.2. The van der Waals surface area contributed by atoms with Crippen LogP contribution in [0.25, 0.3) is 16.8 Å². The summed E-state index contributed by atoms with van der Waals surface area (Å²) < 4.78 is 0. The van der Waals surface area contributed by atoms with E-state index in [4.69, 9.17) is 0 Å². The van der Waals surface area contributed by atoms with Crippen LogP contribution in [0.5, 0.6) is 0 Å². The Kier molecular flexibility index (Phi) is 5.43. The molecular weight excluding hydrogens is 360 g/mol. The summed E-state index contributed by atoms with van der Waals surface area (Å²) in [6, 6.07) is 22.0. The first-order valence-corrected chi connectivity index (χ1v) is 9.91. The van der Waals surface area contributed by atoms with Gasteiger partial charge in [-0.05, 0) is 52.9 Å². The molecule has 1 saturated carbocycles. The largest absolute Gasteiger partial charge is 0.349 e. The summed E-state index contributed by atoms with van der Waals surface area (Å²) in [5, 5.41) is 5.31. The first-order valence-electron chi connectivity index (χ1n) is 9.91. The highest BCUT2D eigenvalue weighted by Crippen LogP contribution is 2.20. The normalized spacial score (nSPS) is 13.6. The van der Waals surface area contributed by atoms with Crippen LogP contribution in [0.1, 0.15) is 34.3 Å². The minimum Gasteiger partial charge on any atom is -0.349 e. The predicted molar refractivity (Wildman–Crippen MR) is 116 cm³/mol. The van der Waals surface area contributed by atoms with E-state index in [1.54, 1.807) is 36.2 Å². The molecule has 0 atom stereocenters. The van der Waals surface area contributed by atoms with Gasteiger partial charge in [-0.1, -0.05) is 54.6 Å². The molecule has 3 aromatic carbocycles. The number of carbonyl (C=O) groups excluding carboxylic acids is 2. The maximum atomic E-state index is 12.5. The third-order valence-corrected chi connectivity index (χ3v) is 5.17. The molecule has 29 heavy (non-hydrogen) atoms. The quantitative estimate of drug-likeness (QED) is 0.640. The summed E-state index contributed by atoms with van der Waals surface area (Å²) in [4.78, 5) is 26.3. The van der Waals surface area contributed by atoms with Crippen LogP contribution in [0, 0.1) is 0 Å². The summed E-state index contributed by atoms with van der Waals surface area (Å²) in [5.41, 5.74) is 2.66. The lowest BCUT2D eigenvalue weighted by molar-refractivity contribution is -0.125. The van der Waals surface area contributed by atoms with Crippen molar-refractivity contribution in [3.05, 3.63) is 89.5 Å². The zero-order chi connectivity index (χ0) is 20.2. The molecule has 2 amide bonds. The standard InChI is InChI=1S/C25H24N2O2/c1-27(17-21-7-4-6-19-5-2-3-8-23(19)21)24(28)16-11-18-9-12-20(13-10-18)25(29)26-22-14-15-22/h2-13,16,22H,14-15,17H2,1H3,(H,26,29)/b16-11+. The number of likely N-dealkylation sites (N-methyl/N-ethyl adjacent to an activating group) is 1. The topological polar surface area (TPSA) is 49.4 Å². The number of hydrogen-bond donors (Lipinski definition) is 1. The number of benzene rings is 3. The smallest absolute Gasteiger partial charge is 0.251 e. The van der Waals surface area contributed by atoms with Crippen LogP contribution in [0.15, 0.2) is 72.8 Å². The lowest BCUT2D eigenvalue weighted by Crippen LogP contribution is -2.25. The zero-order valence-electron chi connectivity index (χ0n) is 16.5. The molecule has 0 aliphatic heterocycles. The van der Waals surface area contributed by atoms with Crippen LogP contribution >= 0.6 is 0 Å². The van der Waals surface area contributed by atoms with Gasteiger partial charge in [0.15, 0.2) is 0 Å². The van der Waals surface area contributed by atoms with Crippen molar-refractivity contribution in [2.45, 2.75) is 25.4 Å². The fourth-order valence-corrected chi connectivity index (χ4v) is 3.30. The van der Waals surface area contributed by atoms with Gasteiger partial charge in [-0.2, -0.15) is 0 Å². The van der Waals surface area contributed by atoms with Gasteiger partial charge in [-0.25, -0.2) is 0 Å². The van der Waals surface area contributed by atoms with Crippen LogP contribution < -0.4 is 5.32 Å². The van der Waals surface area contributed by atoms with Gasteiger partial charge < -0.3 is 10.2 Å². The third kappa shape index (κ3) is 4.72. The van der Waals surface area contributed by atoms with Crippen LogP contribution in [-0.4, -0.2) is 29.8 Å². The van der Waals surface area contributed by atoms with Gasteiger partial charge in [-0.15, -0.1) is 0 Å². The van der Waals surface area contributed by atoms with Crippen molar-refractivity contribution in [2.75, 3.05) is 7.05 Å². The van der Waals surface area contributed by atoms with E-state index in [-0.39, 0.29) is 11.8 Å². The molecule has 4 heteroatoms. The van der Waals surface area contributed by atoms with Gasteiger partial charge in [-0.3, -0.25) is 9.59 Å². The van der Waals surface area contributed by atoms with E-state index in [2.05, 4.69) is 29.6 Å². The summed E-state index contributed by atoms with van der Waals surface area (Å²) in [6.45, 7) is 0.546. The van der Waals surface area contributed by atoms with Crippen molar-refractivity contribution >= 4 is 28.7 Å². The Hall–Kier alpha value is -3.40. The zero-order valence-corrected chi connectivity index (χ0v) is 16.5. The molecular formula is C25H24N2O2. The molecule has 1 fully saturated rings. The Balaban J connectivity index is 1.39. The summed E-state index contributed by atoms with van der Waals surface area (Å²) in [7, 11) is 1.81. The van der Waals surface area contributed by atoms with Gasteiger partial charge in [0.25, 0.3) is 5.91 Å². The minimum absolute atomic E-state index is 0.0334. The Morgan fingerprint density at radius 2 is 1.72 bits per heavy atom. The Morgan fingerprint density at radius 1 is 1.00 bits per heavy atom. The van der Waals surface area contributed by atoms with Crippen molar-refractivity contribution in [1.82, 2.24) is 10.2 Å². The average molecular weight is 384 g/mol. The van der Waals surface area contributed by atoms with E-state index in [1.165, 1.54) is 10.8 Å². The van der Waals surface area contributed by atoms with E-state index < -0.39 is 0 Å². The average Bonchev–Trinajstić information content (AvgIpc) is 3.56. The van der Waals surface area contributed by atoms with Gasteiger partial charge in [0, 0.05) is 31.3 Å². The highest BCUT2D eigenvalue weighted by molar-refractivity contribution is 5.95. The fourth-order valence-electron chi connectivity index (χ4n) is 3.30. The molecule has 1 aliphatic rings. The molecule has 4 nitrogen and oxygen atoms in total. The Morgan fingerprint density at radius 3 is 2.48 bits per heavy atom. The Labute approximate surface area is 170 Å². The van der Waals surface area contributed by atoms with Crippen molar-refractivity contribution in [3.8, 4) is 0 Å². The van der Waals surface area contributed by atoms with E-state index in [9.17, 15) is 9.59 Å². The minimum atomic E-state index is -0.0616. The lowest BCUT2D eigenvalue weighted by atomic mass is 10.0. The van der Waals surface area contributed by atoms with Crippen molar-refractivity contribution in [2.24, 2.45) is 0 Å². The molecule has 0 unspecified atom stereocenters. The summed E-state index contributed by atoms with van der Waals surface area (Å²) in [6.07, 6.45) is 5.50. The van der Waals surface area contributed by atoms with Crippen molar-refractivity contribution < 1.29 is 9.59 Å². The number of hydrogen-bond acceptors (Lipinski definition) is 2. The molecule has 0 saturated heterocycles. The second-order valence-corrected chi connectivity index (χ2v) is 7.54. The fraction of sp³-hybridized carbons (Fsp3) is 0.200. The van der Waals surface area contributed by atoms with E-state index in [1.807, 2.05) is 30.3 Å². The first kappa shape index (κ1) is 18.9. The maximum Gasteiger partial charge on any atom is 0.251 e. The van der Waals surface area contributed by atoms with Crippen LogP contribution in [0.3, 0.4) is 0 Å². The summed E-state index contributed by atoms with van der Waals surface area (Å²) in [5.74, 6) is -0.0950. The van der Waals surface area contributed by atoms with Crippen LogP contribution in [0.4, 0.5) is 0 Å². The number of rotatable bonds is 6. The predicted octanol–water partition coefficient (Wildman–Crippen LogP) is 4.40. The van der Waals surface area contributed by atoms with Gasteiger partial charge >= 0.3 is 0 Å². The number of nitrogens with one attached hydrogen (secondary N) is 1. The van der Waals surface area contributed by atoms with Crippen molar-refractivity contribution in [3.63, 3.8) is 0 Å². The number of carbonyl (C=O) groups is 2. The molecule has 0 bridgehead atoms. The number of fused-ring (bicyclic) bond motifs is 1. The first-order chi connectivity index (χ1) is 14.1. The number of nitrogens with zero attached hydrogens (tertiary/aromatic N) is 1. The molecule has 0 radical (unpaired) electrons. The van der Waals surface area contributed by atoms with E-state index in [0.717, 1.165) is 24.0 Å². The van der Waals surface area contributed by atoms with Gasteiger partial charge in [0.05, 0.1) is 0 Å². The monoisotopic (exact) mass is 384 g/mol. The molecule has 3 aromatic rings. The number of amides is 2. The second-order valence-electron chi connectivity index (χ2n) is 7.54. The maximum absolute atomic E-state index is 12.5. The molecule has 1 N–H and O–H groups in total. The second kappa shape index (κ2) is 8.31. The molecule has 0 aromatic heterocycles. The lowest BCUT2D eigenvalue weighted by Gasteiger charge is -2.16. The van der Waals surface area contributed by atoms with Crippen LogP contribution in [-0.2, 0) is 11.3 Å². The molecule has 0 heterocycles. The molecule has 1 aliphatic carbocycles. The van der Waals surface area contributed by atoms with E-state index in [0.29, 0.717) is 18.2 Å². The molecule has 0 spiro atoms. The van der Waals surface area contributed by atoms with Gasteiger partial charge in [0.1, 0.15) is 0 Å². The van der Waals surface area contributed by atoms with E-state index >= 15 is 0 Å². The molecule has 4 rings (SSSR count). The summed E-state index contributed by atoms with van der Waals surface area (Å²) >= 11 is 0. The van der Waals surface area contributed by atoms with Crippen LogP contribution in [0.2, 0.25) is 0 Å². The Bertz CT molecular complexity index is 1060. The molecule has 146 valence electrons. The third-order valence-electron chi connectivity index (χ3n) is 5.17. The van der Waals surface area contributed by atoms with Gasteiger partial charge in [0.2, 0.25) is 5.91 Å². The van der Waals surface area contributed by atoms with Crippen molar-refractivity contribution in [1.29, 1.82) is 0 Å². The highest BCUT2D eigenvalue weighted by Gasteiger charge is 2.23. The SMILES string of the molecule is CN(Cc1cccc2ccccc12)C(=O)/C=C/c1ccc(C(=O)NC2CC2)cc1.